The van der Waals surface area contributed by atoms with Crippen LogP contribution in [0.3, 0.4) is 0 Å². The van der Waals surface area contributed by atoms with Crippen molar-refractivity contribution in [2.45, 2.75) is 38.6 Å². The number of pyridine rings is 1. The van der Waals surface area contributed by atoms with E-state index in [1.807, 2.05) is 12.4 Å². The van der Waals surface area contributed by atoms with E-state index in [1.165, 1.54) is 11.1 Å². The van der Waals surface area contributed by atoms with Gasteiger partial charge in [0.1, 0.15) is 0 Å². The number of nitrogens with zero attached hydrogens (tertiary/aromatic N) is 1. The molecule has 1 aromatic heterocycles. The summed E-state index contributed by atoms with van der Waals surface area (Å²) >= 11 is 3.49. The summed E-state index contributed by atoms with van der Waals surface area (Å²) in [5, 5.41) is 3.57. The van der Waals surface area contributed by atoms with Crippen LogP contribution in [0.1, 0.15) is 37.3 Å². The topological polar surface area (TPSA) is 24.9 Å². The molecule has 1 heterocycles. The van der Waals surface area contributed by atoms with E-state index in [-0.39, 0.29) is 0 Å². The number of aromatic nitrogens is 1. The Hall–Kier alpha value is -1.19. The van der Waals surface area contributed by atoms with Gasteiger partial charge in [0.25, 0.3) is 0 Å². The second kappa shape index (κ2) is 8.30. The number of aryl methyl sites for hydroxylation is 1. The zero-order valence-electron chi connectivity index (χ0n) is 12.7. The Kier molecular flexibility index (Phi) is 6.40. The van der Waals surface area contributed by atoms with Crippen molar-refractivity contribution in [3.63, 3.8) is 0 Å². The van der Waals surface area contributed by atoms with E-state index in [0.717, 1.165) is 23.9 Å². The maximum absolute atomic E-state index is 4.25. The summed E-state index contributed by atoms with van der Waals surface area (Å²) in [6.07, 6.45) is 5.97. The second-order valence-electron chi connectivity index (χ2n) is 5.72. The van der Waals surface area contributed by atoms with Gasteiger partial charge in [-0.2, -0.15) is 0 Å². The molecule has 21 heavy (non-hydrogen) atoms. The van der Waals surface area contributed by atoms with Crippen LogP contribution in [0.25, 0.3) is 0 Å². The van der Waals surface area contributed by atoms with Crippen molar-refractivity contribution in [3.05, 3.63) is 64.4 Å². The van der Waals surface area contributed by atoms with Gasteiger partial charge < -0.3 is 5.32 Å². The molecule has 0 aliphatic heterocycles. The van der Waals surface area contributed by atoms with Crippen molar-refractivity contribution < 1.29 is 0 Å². The number of benzene rings is 1. The maximum atomic E-state index is 4.25. The first-order chi connectivity index (χ1) is 10.1. The monoisotopic (exact) mass is 346 g/mol. The smallest absolute Gasteiger partial charge is 0.0410 e. The SMILES string of the molecule is CC(C)NCC(CCc1cncc(Br)c1)c1ccccc1. The summed E-state index contributed by atoms with van der Waals surface area (Å²) in [7, 11) is 0. The third-order valence-corrected chi connectivity index (χ3v) is 4.02. The van der Waals surface area contributed by atoms with E-state index in [2.05, 4.69) is 76.5 Å². The van der Waals surface area contributed by atoms with E-state index in [0.29, 0.717) is 12.0 Å². The number of halogens is 1. The molecule has 1 atom stereocenters. The lowest BCUT2D eigenvalue weighted by Crippen LogP contribution is -2.28. The second-order valence-corrected chi connectivity index (χ2v) is 6.64. The van der Waals surface area contributed by atoms with E-state index in [1.54, 1.807) is 0 Å². The van der Waals surface area contributed by atoms with Gasteiger partial charge in [-0.1, -0.05) is 44.2 Å². The molecule has 112 valence electrons. The molecule has 0 amide bonds. The van der Waals surface area contributed by atoms with E-state index >= 15 is 0 Å². The molecule has 0 aliphatic carbocycles. The Morgan fingerprint density at radius 3 is 2.57 bits per heavy atom. The molecule has 0 saturated heterocycles. The summed E-state index contributed by atoms with van der Waals surface area (Å²) in [4.78, 5) is 4.25. The lowest BCUT2D eigenvalue weighted by Gasteiger charge is -2.20. The lowest BCUT2D eigenvalue weighted by atomic mass is 9.92. The molecule has 1 N–H and O–H groups in total. The Morgan fingerprint density at radius 1 is 1.14 bits per heavy atom. The zero-order chi connectivity index (χ0) is 15.1. The lowest BCUT2D eigenvalue weighted by molar-refractivity contribution is 0.508. The molecule has 0 radical (unpaired) electrons. The highest BCUT2D eigenvalue weighted by Crippen LogP contribution is 2.22. The molecule has 1 aromatic carbocycles. The molecule has 2 aromatic rings. The van der Waals surface area contributed by atoms with Crippen LogP contribution in [-0.2, 0) is 6.42 Å². The average Bonchev–Trinajstić information content (AvgIpc) is 2.48. The molecule has 1 unspecified atom stereocenters. The van der Waals surface area contributed by atoms with Crippen LogP contribution in [0, 0.1) is 0 Å². The molecule has 2 rings (SSSR count). The molecule has 0 bridgehead atoms. The minimum Gasteiger partial charge on any atom is -0.314 e. The standard InChI is InChI=1S/C18H23BrN2/c1-14(2)21-12-17(16-6-4-3-5-7-16)9-8-15-10-18(19)13-20-11-15/h3-7,10-11,13-14,17,21H,8-9,12H2,1-2H3. The van der Waals surface area contributed by atoms with Gasteiger partial charge in [0.2, 0.25) is 0 Å². The van der Waals surface area contributed by atoms with Crippen molar-refractivity contribution in [1.29, 1.82) is 0 Å². The van der Waals surface area contributed by atoms with E-state index in [4.69, 9.17) is 0 Å². The predicted molar refractivity (Wildman–Crippen MR) is 92.6 cm³/mol. The fourth-order valence-electron chi connectivity index (χ4n) is 2.42. The Balaban J connectivity index is 2.02. The first-order valence-electron chi connectivity index (χ1n) is 7.53. The minimum atomic E-state index is 0.517. The van der Waals surface area contributed by atoms with Crippen LogP contribution in [0.4, 0.5) is 0 Å². The predicted octanol–water partition coefficient (Wildman–Crippen LogP) is 4.56. The van der Waals surface area contributed by atoms with Gasteiger partial charge in [0.15, 0.2) is 0 Å². The number of rotatable bonds is 7. The van der Waals surface area contributed by atoms with Gasteiger partial charge in [-0.3, -0.25) is 4.98 Å². The molecule has 0 spiro atoms. The fourth-order valence-corrected chi connectivity index (χ4v) is 2.84. The van der Waals surface area contributed by atoms with Crippen LogP contribution in [0.15, 0.2) is 53.3 Å². The van der Waals surface area contributed by atoms with Gasteiger partial charge >= 0.3 is 0 Å². The average molecular weight is 347 g/mol. The summed E-state index contributed by atoms with van der Waals surface area (Å²) in [5.74, 6) is 0.535. The normalized spacial score (nSPS) is 12.6. The number of hydrogen-bond acceptors (Lipinski definition) is 2. The highest BCUT2D eigenvalue weighted by atomic mass is 79.9. The molecule has 2 nitrogen and oxygen atoms in total. The largest absolute Gasteiger partial charge is 0.314 e. The van der Waals surface area contributed by atoms with Crippen LogP contribution in [0.2, 0.25) is 0 Å². The molecular formula is C18H23BrN2. The third kappa shape index (κ3) is 5.60. The Bertz CT molecular complexity index is 540. The molecular weight excluding hydrogens is 324 g/mol. The summed E-state index contributed by atoms with van der Waals surface area (Å²) < 4.78 is 1.05. The number of nitrogens with one attached hydrogen (secondary N) is 1. The quantitative estimate of drug-likeness (QED) is 0.794. The van der Waals surface area contributed by atoms with Crippen molar-refractivity contribution in [2.24, 2.45) is 0 Å². The van der Waals surface area contributed by atoms with E-state index in [9.17, 15) is 0 Å². The first kappa shape index (κ1) is 16.2. The van der Waals surface area contributed by atoms with Crippen molar-refractivity contribution in [1.82, 2.24) is 10.3 Å². The zero-order valence-corrected chi connectivity index (χ0v) is 14.3. The van der Waals surface area contributed by atoms with Gasteiger partial charge in [-0.25, -0.2) is 0 Å². The summed E-state index contributed by atoms with van der Waals surface area (Å²) in [6, 6.07) is 13.5. The summed E-state index contributed by atoms with van der Waals surface area (Å²) in [6.45, 7) is 5.41. The molecule has 3 heteroatoms. The van der Waals surface area contributed by atoms with E-state index < -0.39 is 0 Å². The van der Waals surface area contributed by atoms with Gasteiger partial charge in [0, 0.05) is 29.5 Å². The van der Waals surface area contributed by atoms with Crippen LogP contribution in [-0.4, -0.2) is 17.6 Å². The van der Waals surface area contributed by atoms with Gasteiger partial charge in [-0.05, 0) is 51.9 Å². The molecule has 0 fully saturated rings. The third-order valence-electron chi connectivity index (χ3n) is 3.59. The van der Waals surface area contributed by atoms with Gasteiger partial charge in [-0.15, -0.1) is 0 Å². The van der Waals surface area contributed by atoms with Crippen molar-refractivity contribution in [2.75, 3.05) is 6.54 Å². The highest BCUT2D eigenvalue weighted by Gasteiger charge is 2.12. The fraction of sp³-hybridized carbons (Fsp3) is 0.389. The van der Waals surface area contributed by atoms with Crippen LogP contribution < -0.4 is 5.32 Å². The number of hydrogen-bond donors (Lipinski definition) is 1. The summed E-state index contributed by atoms with van der Waals surface area (Å²) in [5.41, 5.74) is 2.70. The maximum Gasteiger partial charge on any atom is 0.0410 e. The molecule has 0 aliphatic rings. The van der Waals surface area contributed by atoms with Crippen LogP contribution >= 0.6 is 15.9 Å². The van der Waals surface area contributed by atoms with Crippen molar-refractivity contribution >= 4 is 15.9 Å². The highest BCUT2D eigenvalue weighted by molar-refractivity contribution is 9.10. The van der Waals surface area contributed by atoms with Gasteiger partial charge in [0.05, 0.1) is 0 Å². The Labute approximate surface area is 136 Å². The van der Waals surface area contributed by atoms with Crippen LogP contribution in [0.5, 0.6) is 0 Å². The molecule has 0 saturated carbocycles. The first-order valence-corrected chi connectivity index (χ1v) is 8.32. The van der Waals surface area contributed by atoms with Crippen molar-refractivity contribution in [3.8, 4) is 0 Å². The minimum absolute atomic E-state index is 0.517. The Morgan fingerprint density at radius 2 is 1.90 bits per heavy atom.